The molecule has 10 rings (SSSR count). The molecule has 10 aromatic rings. The van der Waals surface area contributed by atoms with Crippen LogP contribution in [0, 0.1) is 0 Å². The van der Waals surface area contributed by atoms with Crippen molar-refractivity contribution in [3.8, 4) is 39.9 Å². The van der Waals surface area contributed by atoms with Gasteiger partial charge in [0.25, 0.3) is 0 Å². The molecule has 7 aromatic carbocycles. The Hall–Kier alpha value is -6.59. The van der Waals surface area contributed by atoms with E-state index in [1.807, 2.05) is 95.6 Å². The Kier molecular flexibility index (Phi) is 4.81. The van der Waals surface area contributed by atoms with E-state index in [0.717, 1.165) is 60.1 Å². The first-order valence-corrected chi connectivity index (χ1v) is 15.6. The lowest BCUT2D eigenvalue weighted by atomic mass is 9.96. The maximum Gasteiger partial charge on any atom is 0.238 e. The van der Waals surface area contributed by atoms with Gasteiger partial charge in [0, 0.05) is 32.7 Å². The molecule has 0 atom stereocenters. The highest BCUT2D eigenvalue weighted by Crippen LogP contribution is 2.39. The van der Waals surface area contributed by atoms with E-state index in [1.54, 1.807) is 0 Å². The molecule has 48 heavy (non-hydrogen) atoms. The van der Waals surface area contributed by atoms with Gasteiger partial charge in [-0.15, -0.1) is 0 Å². The van der Waals surface area contributed by atoms with Crippen LogP contribution >= 0.6 is 0 Å². The molecule has 0 bridgehead atoms. The Morgan fingerprint density at radius 3 is 1.98 bits per heavy atom. The zero-order chi connectivity index (χ0) is 36.0. The molecule has 224 valence electrons. The third-order valence-corrected chi connectivity index (χ3v) is 8.94. The lowest BCUT2D eigenvalue weighted by molar-refractivity contribution is 0.669. The van der Waals surface area contributed by atoms with Crippen LogP contribution in [-0.4, -0.2) is 19.5 Å². The summed E-state index contributed by atoms with van der Waals surface area (Å²) in [6.07, 6.45) is 0. The molecule has 5 heteroatoms. The van der Waals surface area contributed by atoms with Gasteiger partial charge in [-0.1, -0.05) is 115 Å². The standard InChI is InChI=1S/C43H26N4O/c1-2-12-28(13-3-1)41-44-42(46-43(45-41)47-36-18-8-6-15-33(36)34-16-7-9-19-37(34)47)31-23-24-38-35(26-31)40-32(17-10-20-39(40)48-38)30-22-21-27-11-4-5-14-29(27)25-30/h1-26H/i1D,2D,3D,12D,13D. The lowest BCUT2D eigenvalue weighted by Crippen LogP contribution is -2.06. The molecule has 0 N–H and O–H groups in total. The molecule has 0 spiro atoms. The summed E-state index contributed by atoms with van der Waals surface area (Å²) in [7, 11) is 0. The summed E-state index contributed by atoms with van der Waals surface area (Å²) < 4.78 is 50.9. The van der Waals surface area contributed by atoms with Gasteiger partial charge in [0.05, 0.1) is 17.9 Å². The first-order chi connectivity index (χ1) is 25.9. The Balaban J connectivity index is 1.25. The van der Waals surface area contributed by atoms with Crippen LogP contribution in [0.2, 0.25) is 0 Å². The van der Waals surface area contributed by atoms with Crippen LogP contribution < -0.4 is 0 Å². The van der Waals surface area contributed by atoms with Gasteiger partial charge in [0.1, 0.15) is 11.2 Å². The Labute approximate surface area is 282 Å². The Bertz CT molecular complexity index is 3070. The quantitative estimate of drug-likeness (QED) is 0.197. The number of furan rings is 1. The van der Waals surface area contributed by atoms with Gasteiger partial charge in [0.2, 0.25) is 5.95 Å². The summed E-state index contributed by atoms with van der Waals surface area (Å²) in [5.41, 5.74) is 5.76. The van der Waals surface area contributed by atoms with Gasteiger partial charge < -0.3 is 4.42 Å². The maximum atomic E-state index is 8.80. The molecule has 3 heterocycles. The first-order valence-electron chi connectivity index (χ1n) is 18.1. The summed E-state index contributed by atoms with van der Waals surface area (Å²) >= 11 is 0. The second kappa shape index (κ2) is 10.5. The number of para-hydroxylation sites is 2. The number of nitrogens with zero attached hydrogens (tertiary/aromatic N) is 4. The molecule has 3 aromatic heterocycles. The largest absolute Gasteiger partial charge is 0.456 e. The molecular weight excluding hydrogens is 589 g/mol. The van der Waals surface area contributed by atoms with Crippen molar-refractivity contribution in [1.29, 1.82) is 0 Å². The van der Waals surface area contributed by atoms with Crippen LogP contribution in [-0.2, 0) is 0 Å². The predicted molar refractivity (Wildman–Crippen MR) is 195 cm³/mol. The summed E-state index contributed by atoms with van der Waals surface area (Å²) in [5, 5.41) is 6.11. The van der Waals surface area contributed by atoms with E-state index in [9.17, 15) is 0 Å². The highest BCUT2D eigenvalue weighted by Gasteiger charge is 2.19. The molecule has 0 aliphatic rings. The molecule has 0 saturated heterocycles. The zero-order valence-corrected chi connectivity index (χ0v) is 25.3. The van der Waals surface area contributed by atoms with E-state index in [1.165, 1.54) is 0 Å². The minimum absolute atomic E-state index is 0.0298. The van der Waals surface area contributed by atoms with E-state index in [-0.39, 0.29) is 23.2 Å². The van der Waals surface area contributed by atoms with Crippen molar-refractivity contribution < 1.29 is 11.3 Å². The number of rotatable bonds is 4. The van der Waals surface area contributed by atoms with Crippen molar-refractivity contribution in [2.45, 2.75) is 0 Å². The van der Waals surface area contributed by atoms with E-state index in [0.29, 0.717) is 11.1 Å². The van der Waals surface area contributed by atoms with Crippen LogP contribution in [0.15, 0.2) is 162 Å². The van der Waals surface area contributed by atoms with Crippen LogP contribution in [0.1, 0.15) is 6.85 Å². The number of fused-ring (bicyclic) bond motifs is 7. The van der Waals surface area contributed by atoms with Gasteiger partial charge in [0.15, 0.2) is 11.6 Å². The summed E-state index contributed by atoms with van der Waals surface area (Å²) in [4.78, 5) is 14.7. The van der Waals surface area contributed by atoms with Crippen molar-refractivity contribution in [2.75, 3.05) is 0 Å². The summed E-state index contributed by atoms with van der Waals surface area (Å²) in [6, 6.07) is 40.2. The van der Waals surface area contributed by atoms with E-state index in [4.69, 9.17) is 26.2 Å². The molecule has 0 fully saturated rings. The second-order valence-electron chi connectivity index (χ2n) is 11.7. The molecule has 0 aliphatic carbocycles. The second-order valence-corrected chi connectivity index (χ2v) is 11.7. The van der Waals surface area contributed by atoms with Crippen LogP contribution in [0.25, 0.3) is 94.4 Å². The van der Waals surface area contributed by atoms with Crippen molar-refractivity contribution >= 4 is 54.5 Å². The topological polar surface area (TPSA) is 56.7 Å². The average molecular weight is 620 g/mol. The van der Waals surface area contributed by atoms with Crippen molar-refractivity contribution in [3.05, 3.63) is 158 Å². The van der Waals surface area contributed by atoms with Gasteiger partial charge in [-0.3, -0.25) is 4.57 Å². The van der Waals surface area contributed by atoms with Crippen LogP contribution in [0.4, 0.5) is 0 Å². The normalized spacial score (nSPS) is 13.2. The predicted octanol–water partition coefficient (Wildman–Crippen LogP) is 11.0. The first kappa shape index (κ1) is 22.0. The number of hydrogen-bond donors (Lipinski definition) is 0. The number of aromatic nitrogens is 4. The maximum absolute atomic E-state index is 8.80. The molecule has 0 radical (unpaired) electrons. The third-order valence-electron chi connectivity index (χ3n) is 8.94. The summed E-state index contributed by atoms with van der Waals surface area (Å²) in [6.45, 7) is 0. The fourth-order valence-corrected chi connectivity index (χ4v) is 6.77. The highest BCUT2D eigenvalue weighted by molar-refractivity contribution is 6.14. The molecule has 0 unspecified atom stereocenters. The van der Waals surface area contributed by atoms with Crippen LogP contribution in [0.3, 0.4) is 0 Å². The molecular formula is C43H26N4O. The van der Waals surface area contributed by atoms with Gasteiger partial charge in [-0.2, -0.15) is 9.97 Å². The Morgan fingerprint density at radius 1 is 0.500 bits per heavy atom. The number of hydrogen-bond acceptors (Lipinski definition) is 4. The minimum atomic E-state index is -0.486. The zero-order valence-electron chi connectivity index (χ0n) is 30.3. The fourth-order valence-electron chi connectivity index (χ4n) is 6.77. The molecule has 0 aliphatic heterocycles. The lowest BCUT2D eigenvalue weighted by Gasteiger charge is -2.11. The van der Waals surface area contributed by atoms with Gasteiger partial charge in [-0.05, 0) is 64.4 Å². The van der Waals surface area contributed by atoms with Gasteiger partial charge >= 0.3 is 0 Å². The molecule has 0 amide bonds. The smallest absolute Gasteiger partial charge is 0.238 e. The van der Waals surface area contributed by atoms with Crippen molar-refractivity contribution in [2.24, 2.45) is 0 Å². The fraction of sp³-hybridized carbons (Fsp3) is 0. The van der Waals surface area contributed by atoms with E-state index in [2.05, 4.69) is 36.4 Å². The van der Waals surface area contributed by atoms with E-state index >= 15 is 0 Å². The highest BCUT2D eigenvalue weighted by atomic mass is 16.3. The minimum Gasteiger partial charge on any atom is -0.456 e. The van der Waals surface area contributed by atoms with E-state index < -0.39 is 30.2 Å². The monoisotopic (exact) mass is 619 g/mol. The van der Waals surface area contributed by atoms with Crippen molar-refractivity contribution in [1.82, 2.24) is 19.5 Å². The Morgan fingerprint density at radius 2 is 1.19 bits per heavy atom. The van der Waals surface area contributed by atoms with Crippen molar-refractivity contribution in [3.63, 3.8) is 0 Å². The summed E-state index contributed by atoms with van der Waals surface area (Å²) in [5.74, 6) is 0.499. The van der Waals surface area contributed by atoms with Gasteiger partial charge in [-0.25, -0.2) is 4.98 Å². The SMILES string of the molecule is [2H]c1c([2H])c([2H])c(-c2nc(-c3ccc4oc5cccc(-c6ccc7ccccc7c6)c5c4c3)nc(-n3c4ccccc4c4ccccc43)n2)c([2H])c1[2H]. The molecule has 0 saturated carbocycles. The van der Waals surface area contributed by atoms with Crippen LogP contribution in [0.5, 0.6) is 0 Å². The average Bonchev–Trinajstić information content (AvgIpc) is 3.75. The molecule has 5 nitrogen and oxygen atoms in total. The third kappa shape index (κ3) is 4.15. The number of benzene rings is 7.